The van der Waals surface area contributed by atoms with E-state index in [0.29, 0.717) is 24.8 Å². The van der Waals surface area contributed by atoms with Crippen LogP contribution in [0, 0.1) is 11.8 Å². The highest BCUT2D eigenvalue weighted by Gasteiger charge is 2.22. The molecule has 2 fully saturated rings. The molecule has 2 atom stereocenters. The number of aromatic nitrogens is 1. The van der Waals surface area contributed by atoms with Crippen molar-refractivity contribution in [2.45, 2.75) is 32.7 Å². The van der Waals surface area contributed by atoms with Crippen LogP contribution in [0.2, 0.25) is 0 Å². The Morgan fingerprint density at radius 3 is 2.55 bits per heavy atom. The molecule has 0 aromatic carbocycles. The molecule has 168 valence electrons. The fourth-order valence-corrected chi connectivity index (χ4v) is 3.84. The minimum absolute atomic E-state index is 0. The van der Waals surface area contributed by atoms with Crippen LogP contribution in [0.1, 0.15) is 31.7 Å². The first-order chi connectivity index (χ1) is 12.6. The summed E-state index contributed by atoms with van der Waals surface area (Å²) in [6.45, 7) is 9.12. The zero-order valence-electron chi connectivity index (χ0n) is 17.4. The summed E-state index contributed by atoms with van der Waals surface area (Å²) in [6, 6.07) is 4.15. The summed E-state index contributed by atoms with van der Waals surface area (Å²) in [7, 11) is 2.15. The van der Waals surface area contributed by atoms with Crippen molar-refractivity contribution in [2.75, 3.05) is 51.2 Å². The van der Waals surface area contributed by atoms with Crippen molar-refractivity contribution in [3.05, 3.63) is 23.9 Å². The van der Waals surface area contributed by atoms with E-state index in [1.54, 1.807) is 0 Å². The molecule has 2 aliphatic heterocycles. The van der Waals surface area contributed by atoms with Crippen LogP contribution in [0.3, 0.4) is 0 Å². The molecule has 29 heavy (non-hydrogen) atoms. The van der Waals surface area contributed by atoms with Gasteiger partial charge in [0, 0.05) is 45.3 Å². The number of carbonyl (C=O) groups excluding carboxylic acids is 1. The molecule has 0 aliphatic carbocycles. The summed E-state index contributed by atoms with van der Waals surface area (Å²) in [6.07, 6.45) is 4.96. The second-order valence-corrected chi connectivity index (χ2v) is 7.88. The van der Waals surface area contributed by atoms with Crippen LogP contribution in [-0.2, 0) is 11.3 Å². The van der Waals surface area contributed by atoms with Crippen molar-refractivity contribution in [1.29, 1.82) is 0 Å². The third kappa shape index (κ3) is 8.85. The molecule has 2 saturated heterocycles. The molecular weight excluding hydrogens is 433 g/mol. The summed E-state index contributed by atoms with van der Waals surface area (Å²) in [5, 5.41) is 6.49. The van der Waals surface area contributed by atoms with Gasteiger partial charge in [-0.2, -0.15) is 0 Å². The van der Waals surface area contributed by atoms with E-state index < -0.39 is 0 Å². The molecule has 1 aromatic rings. The lowest BCUT2D eigenvalue weighted by atomic mass is 9.85. The molecule has 0 spiro atoms. The normalized spacial score (nSPS) is 20.5. The second-order valence-electron chi connectivity index (χ2n) is 7.88. The summed E-state index contributed by atoms with van der Waals surface area (Å²) in [5.41, 5.74) is 1.06. The zero-order chi connectivity index (χ0) is 18.4. The van der Waals surface area contributed by atoms with E-state index in [0.717, 1.165) is 50.6 Å². The van der Waals surface area contributed by atoms with Gasteiger partial charge in [-0.1, -0.05) is 13.0 Å². The number of halogens is 3. The number of piperidine rings is 1. The summed E-state index contributed by atoms with van der Waals surface area (Å²) in [4.78, 5) is 21.5. The lowest BCUT2D eigenvalue weighted by molar-refractivity contribution is -0.122. The van der Waals surface area contributed by atoms with E-state index in [1.165, 1.54) is 12.8 Å². The van der Waals surface area contributed by atoms with Crippen LogP contribution in [0.25, 0.3) is 0 Å². The maximum Gasteiger partial charge on any atom is 0.220 e. The third-order valence-electron chi connectivity index (χ3n) is 5.77. The number of nitrogens with one attached hydrogen (secondary N) is 2. The molecule has 0 bridgehead atoms. The number of amides is 1. The van der Waals surface area contributed by atoms with E-state index in [4.69, 9.17) is 0 Å². The van der Waals surface area contributed by atoms with Crippen LogP contribution in [-0.4, -0.2) is 62.1 Å². The molecular formula is C20H36Cl3N5O. The Kier molecular flexibility index (Phi) is 13.9. The van der Waals surface area contributed by atoms with Crippen LogP contribution >= 0.6 is 37.2 Å². The van der Waals surface area contributed by atoms with Gasteiger partial charge in [-0.15, -0.1) is 37.2 Å². The Hall–Kier alpha value is -0.790. The quantitative estimate of drug-likeness (QED) is 0.672. The van der Waals surface area contributed by atoms with Gasteiger partial charge in [-0.3, -0.25) is 4.79 Å². The van der Waals surface area contributed by atoms with Crippen molar-refractivity contribution in [2.24, 2.45) is 11.8 Å². The number of hydrogen-bond donors (Lipinski definition) is 2. The third-order valence-corrected chi connectivity index (χ3v) is 5.77. The van der Waals surface area contributed by atoms with Gasteiger partial charge in [0.25, 0.3) is 0 Å². The minimum atomic E-state index is 0. The first-order valence-corrected chi connectivity index (χ1v) is 9.97. The Bertz CT molecular complexity index is 576. The summed E-state index contributed by atoms with van der Waals surface area (Å²) >= 11 is 0. The van der Waals surface area contributed by atoms with Gasteiger partial charge in [-0.25, -0.2) is 4.98 Å². The number of likely N-dealkylation sites (N-methyl/N-ethyl adjacent to an activating group) is 1. The highest BCUT2D eigenvalue weighted by atomic mass is 35.5. The molecule has 2 aliphatic rings. The Morgan fingerprint density at radius 1 is 1.24 bits per heavy atom. The van der Waals surface area contributed by atoms with Crippen molar-refractivity contribution in [1.82, 2.24) is 20.5 Å². The largest absolute Gasteiger partial charge is 0.354 e. The first-order valence-electron chi connectivity index (χ1n) is 9.97. The van der Waals surface area contributed by atoms with Gasteiger partial charge in [0.1, 0.15) is 5.82 Å². The average molecular weight is 469 g/mol. The Morgan fingerprint density at radius 2 is 1.97 bits per heavy atom. The molecule has 0 radical (unpaired) electrons. The topological polar surface area (TPSA) is 60.5 Å². The zero-order valence-corrected chi connectivity index (χ0v) is 19.9. The fraction of sp³-hybridized carbons (Fsp3) is 0.700. The predicted molar refractivity (Wildman–Crippen MR) is 127 cm³/mol. The number of pyridine rings is 1. The molecule has 1 amide bonds. The molecule has 2 unspecified atom stereocenters. The van der Waals surface area contributed by atoms with Crippen molar-refractivity contribution in [3.8, 4) is 0 Å². The molecule has 0 saturated carbocycles. The maximum absolute atomic E-state index is 12.2. The van der Waals surface area contributed by atoms with Crippen molar-refractivity contribution < 1.29 is 4.79 Å². The second kappa shape index (κ2) is 14.3. The van der Waals surface area contributed by atoms with Gasteiger partial charge >= 0.3 is 0 Å². The average Bonchev–Trinajstić information content (AvgIpc) is 2.68. The Labute approximate surface area is 193 Å². The van der Waals surface area contributed by atoms with E-state index in [-0.39, 0.29) is 43.1 Å². The molecule has 3 heterocycles. The van der Waals surface area contributed by atoms with E-state index in [9.17, 15) is 4.79 Å². The summed E-state index contributed by atoms with van der Waals surface area (Å²) in [5.74, 6) is 2.23. The Balaban J connectivity index is 0.00000261. The van der Waals surface area contributed by atoms with Crippen LogP contribution in [0.5, 0.6) is 0 Å². The van der Waals surface area contributed by atoms with Crippen LogP contribution in [0.15, 0.2) is 18.3 Å². The standard InChI is InChI=1S/C20H33N5O.3ClH/c1-16(18-4-3-7-21-15-18)12-20(26)23-14-17-5-6-19(22-13-17)25-10-8-24(2)9-11-25;;;/h5-6,13,16,18,21H,3-4,7-12,14-15H2,1-2H3,(H,23,26);3*1H. The predicted octanol–water partition coefficient (Wildman–Crippen LogP) is 2.74. The number of rotatable bonds is 6. The van der Waals surface area contributed by atoms with Crippen LogP contribution < -0.4 is 15.5 Å². The SMILES string of the molecule is CC(CC(=O)NCc1ccc(N2CCN(C)CC2)nc1)C1CCCNC1.Cl.Cl.Cl. The van der Waals surface area contributed by atoms with Gasteiger partial charge in [0.15, 0.2) is 0 Å². The monoisotopic (exact) mass is 467 g/mol. The number of anilines is 1. The molecule has 3 rings (SSSR count). The lowest BCUT2D eigenvalue weighted by Gasteiger charge is -2.33. The van der Waals surface area contributed by atoms with Gasteiger partial charge in [0.05, 0.1) is 0 Å². The van der Waals surface area contributed by atoms with Crippen molar-refractivity contribution >= 4 is 48.9 Å². The molecule has 1 aromatic heterocycles. The molecule has 9 heteroatoms. The summed E-state index contributed by atoms with van der Waals surface area (Å²) < 4.78 is 0. The van der Waals surface area contributed by atoms with Crippen LogP contribution in [0.4, 0.5) is 5.82 Å². The number of nitrogens with zero attached hydrogens (tertiary/aromatic N) is 3. The highest BCUT2D eigenvalue weighted by Crippen LogP contribution is 2.22. The van der Waals surface area contributed by atoms with E-state index >= 15 is 0 Å². The number of piperazine rings is 1. The van der Waals surface area contributed by atoms with Gasteiger partial charge < -0.3 is 20.4 Å². The smallest absolute Gasteiger partial charge is 0.220 e. The number of hydrogen-bond acceptors (Lipinski definition) is 5. The van der Waals surface area contributed by atoms with Crippen molar-refractivity contribution in [3.63, 3.8) is 0 Å². The van der Waals surface area contributed by atoms with E-state index in [1.807, 2.05) is 6.20 Å². The highest BCUT2D eigenvalue weighted by molar-refractivity contribution is 5.86. The lowest BCUT2D eigenvalue weighted by Crippen LogP contribution is -2.44. The van der Waals surface area contributed by atoms with Gasteiger partial charge in [-0.05, 0) is 56.4 Å². The minimum Gasteiger partial charge on any atom is -0.354 e. The first kappa shape index (κ1) is 28.2. The van der Waals surface area contributed by atoms with E-state index in [2.05, 4.69) is 51.5 Å². The molecule has 2 N–H and O–H groups in total. The maximum atomic E-state index is 12.2. The fourth-order valence-electron chi connectivity index (χ4n) is 3.84. The number of carbonyl (C=O) groups is 1. The molecule has 6 nitrogen and oxygen atoms in total. The van der Waals surface area contributed by atoms with Gasteiger partial charge in [0.2, 0.25) is 5.91 Å².